The van der Waals surface area contributed by atoms with Crippen LogP contribution >= 0.6 is 11.6 Å². The van der Waals surface area contributed by atoms with Gasteiger partial charge in [0.05, 0.1) is 0 Å². The van der Waals surface area contributed by atoms with Gasteiger partial charge in [-0.2, -0.15) is 0 Å². The predicted molar refractivity (Wildman–Crippen MR) is 76.6 cm³/mol. The van der Waals surface area contributed by atoms with Crippen molar-refractivity contribution in [2.75, 3.05) is 13.1 Å². The van der Waals surface area contributed by atoms with E-state index in [0.29, 0.717) is 6.04 Å². The molecule has 0 fully saturated rings. The summed E-state index contributed by atoms with van der Waals surface area (Å²) < 4.78 is 0. The van der Waals surface area contributed by atoms with E-state index in [0.717, 1.165) is 11.4 Å². The van der Waals surface area contributed by atoms with E-state index in [9.17, 15) is 0 Å². The molecule has 0 radical (unpaired) electrons. The number of halogens is 1. The van der Waals surface area contributed by atoms with E-state index in [1.54, 1.807) is 0 Å². The van der Waals surface area contributed by atoms with Gasteiger partial charge in [-0.25, -0.2) is 0 Å². The summed E-state index contributed by atoms with van der Waals surface area (Å²) in [6, 6.07) is 8.85. The highest BCUT2D eigenvalue weighted by Crippen LogP contribution is 2.25. The predicted octanol–water partition coefficient (Wildman–Crippen LogP) is 4.91. The van der Waals surface area contributed by atoms with Crippen LogP contribution in [0, 0.1) is 0 Å². The molecule has 0 aliphatic carbocycles. The summed E-state index contributed by atoms with van der Waals surface area (Å²) in [6.07, 6.45) is 3.58. The fourth-order valence-electron chi connectivity index (χ4n) is 2.39. The van der Waals surface area contributed by atoms with Gasteiger partial charge in [-0.15, -0.1) is 0 Å². The number of hydrogen-bond donors (Lipinski definition) is 0. The molecule has 1 nitrogen and oxygen atoms in total. The maximum Gasteiger partial charge on any atom is 0.0406 e. The molecule has 0 spiro atoms. The third-order valence-corrected chi connectivity index (χ3v) is 3.36. The minimum absolute atomic E-state index is 0.534. The van der Waals surface area contributed by atoms with Crippen LogP contribution in [0.5, 0.6) is 0 Å². The van der Waals surface area contributed by atoms with Crippen LogP contribution < -0.4 is 0 Å². The van der Waals surface area contributed by atoms with Gasteiger partial charge in [0, 0.05) is 11.1 Å². The van der Waals surface area contributed by atoms with Crippen LogP contribution in [0.3, 0.4) is 0 Å². The first-order chi connectivity index (χ1) is 8.22. The first-order valence-electron chi connectivity index (χ1n) is 6.72. The molecule has 0 saturated carbocycles. The second-order valence-electron chi connectivity index (χ2n) is 4.51. The lowest BCUT2D eigenvalue weighted by molar-refractivity contribution is 0.192. The number of benzene rings is 1. The topological polar surface area (TPSA) is 3.24 Å². The summed E-state index contributed by atoms with van der Waals surface area (Å²) >= 11 is 5.95. The Kier molecular flexibility index (Phi) is 6.61. The minimum atomic E-state index is 0.534. The fourth-order valence-corrected chi connectivity index (χ4v) is 2.51. The van der Waals surface area contributed by atoms with E-state index < -0.39 is 0 Å². The minimum Gasteiger partial charge on any atom is -0.296 e. The number of rotatable bonds is 7. The van der Waals surface area contributed by atoms with E-state index in [-0.39, 0.29) is 0 Å². The van der Waals surface area contributed by atoms with Crippen LogP contribution in [0.4, 0.5) is 0 Å². The Labute approximate surface area is 111 Å². The first kappa shape index (κ1) is 14.5. The van der Waals surface area contributed by atoms with Crippen LogP contribution in [-0.2, 0) is 0 Å². The number of hydrogen-bond acceptors (Lipinski definition) is 1. The zero-order valence-corrected chi connectivity index (χ0v) is 12.0. The number of nitrogens with zero attached hydrogens (tertiary/aromatic N) is 1. The molecule has 0 heterocycles. The zero-order chi connectivity index (χ0) is 12.7. The molecule has 17 heavy (non-hydrogen) atoms. The normalized spacial score (nSPS) is 13.0. The van der Waals surface area contributed by atoms with Crippen molar-refractivity contribution in [3.8, 4) is 0 Å². The van der Waals surface area contributed by atoms with Crippen molar-refractivity contribution in [1.82, 2.24) is 4.90 Å². The van der Waals surface area contributed by atoms with Crippen molar-refractivity contribution < 1.29 is 0 Å². The molecule has 0 aromatic heterocycles. The molecule has 0 aliphatic heterocycles. The highest BCUT2D eigenvalue weighted by Gasteiger charge is 2.16. The van der Waals surface area contributed by atoms with Gasteiger partial charge >= 0.3 is 0 Å². The Morgan fingerprint density at radius 2 is 1.53 bits per heavy atom. The molecular formula is C15H24ClN. The molecule has 0 amide bonds. The molecule has 0 aliphatic rings. The Bertz CT molecular complexity index is 301. The van der Waals surface area contributed by atoms with Crippen molar-refractivity contribution in [2.45, 2.75) is 46.1 Å². The van der Waals surface area contributed by atoms with Crippen LogP contribution in [-0.4, -0.2) is 18.0 Å². The van der Waals surface area contributed by atoms with Gasteiger partial charge in [-0.3, -0.25) is 4.90 Å². The van der Waals surface area contributed by atoms with Crippen molar-refractivity contribution in [3.63, 3.8) is 0 Å². The van der Waals surface area contributed by atoms with Crippen molar-refractivity contribution >= 4 is 11.6 Å². The van der Waals surface area contributed by atoms with Gasteiger partial charge in [0.15, 0.2) is 0 Å². The lowest BCUT2D eigenvalue weighted by atomic mass is 10.0. The van der Waals surface area contributed by atoms with Crippen molar-refractivity contribution in [2.24, 2.45) is 0 Å². The average Bonchev–Trinajstić information content (AvgIpc) is 2.33. The zero-order valence-electron chi connectivity index (χ0n) is 11.2. The summed E-state index contributed by atoms with van der Waals surface area (Å²) in [4.78, 5) is 2.59. The Hall–Kier alpha value is -0.530. The Morgan fingerprint density at radius 3 is 1.94 bits per heavy atom. The second-order valence-corrected chi connectivity index (χ2v) is 4.95. The Balaban J connectivity index is 2.83. The maximum absolute atomic E-state index is 5.95. The largest absolute Gasteiger partial charge is 0.296 e. The highest BCUT2D eigenvalue weighted by atomic mass is 35.5. The standard InChI is InChI=1S/C15H24ClN/c1-4-11-17(12-5-2)15(6-3)13-7-9-14(16)10-8-13/h7-10,15H,4-6,11-12H2,1-3H3. The third-order valence-electron chi connectivity index (χ3n) is 3.10. The maximum atomic E-state index is 5.95. The molecule has 0 N–H and O–H groups in total. The average molecular weight is 254 g/mol. The van der Waals surface area contributed by atoms with Crippen LogP contribution in [0.1, 0.15) is 51.6 Å². The highest BCUT2D eigenvalue weighted by molar-refractivity contribution is 6.30. The van der Waals surface area contributed by atoms with Gasteiger partial charge in [0.1, 0.15) is 0 Å². The molecule has 2 heteroatoms. The second kappa shape index (κ2) is 7.73. The quantitative estimate of drug-likeness (QED) is 0.667. The summed E-state index contributed by atoms with van der Waals surface area (Å²) in [5, 5.41) is 0.820. The smallest absolute Gasteiger partial charge is 0.0406 e. The summed E-state index contributed by atoms with van der Waals surface area (Å²) in [5.74, 6) is 0. The summed E-state index contributed by atoms with van der Waals surface area (Å²) in [6.45, 7) is 9.11. The van der Waals surface area contributed by atoms with Gasteiger partial charge in [0.2, 0.25) is 0 Å². The van der Waals surface area contributed by atoms with E-state index in [1.807, 2.05) is 12.1 Å². The molecule has 1 aromatic carbocycles. The van der Waals surface area contributed by atoms with Gasteiger partial charge < -0.3 is 0 Å². The fraction of sp³-hybridized carbons (Fsp3) is 0.600. The van der Waals surface area contributed by atoms with Gasteiger partial charge in [-0.05, 0) is 50.0 Å². The molecular weight excluding hydrogens is 230 g/mol. The summed E-state index contributed by atoms with van der Waals surface area (Å²) in [7, 11) is 0. The first-order valence-corrected chi connectivity index (χ1v) is 7.10. The molecule has 1 rings (SSSR count). The molecule has 96 valence electrons. The van der Waals surface area contributed by atoms with Crippen molar-refractivity contribution in [1.29, 1.82) is 0 Å². The molecule has 1 aromatic rings. The van der Waals surface area contributed by atoms with Crippen molar-refractivity contribution in [3.05, 3.63) is 34.9 Å². The van der Waals surface area contributed by atoms with Crippen LogP contribution in [0.2, 0.25) is 5.02 Å². The third kappa shape index (κ3) is 4.33. The SMILES string of the molecule is CCCN(CCC)C(CC)c1ccc(Cl)cc1. The van der Waals surface area contributed by atoms with E-state index in [4.69, 9.17) is 11.6 Å². The molecule has 0 saturated heterocycles. The van der Waals surface area contributed by atoms with Crippen LogP contribution in [0.25, 0.3) is 0 Å². The molecule has 0 bridgehead atoms. The molecule has 1 atom stereocenters. The van der Waals surface area contributed by atoms with E-state index in [2.05, 4.69) is 37.8 Å². The van der Waals surface area contributed by atoms with Gasteiger partial charge in [-0.1, -0.05) is 44.5 Å². The lowest BCUT2D eigenvalue weighted by Crippen LogP contribution is -2.30. The monoisotopic (exact) mass is 253 g/mol. The van der Waals surface area contributed by atoms with E-state index >= 15 is 0 Å². The summed E-state index contributed by atoms with van der Waals surface area (Å²) in [5.41, 5.74) is 1.39. The van der Waals surface area contributed by atoms with E-state index in [1.165, 1.54) is 31.5 Å². The van der Waals surface area contributed by atoms with Crippen LogP contribution in [0.15, 0.2) is 24.3 Å². The lowest BCUT2D eigenvalue weighted by Gasteiger charge is -2.31. The Morgan fingerprint density at radius 1 is 1.00 bits per heavy atom. The van der Waals surface area contributed by atoms with Gasteiger partial charge in [0.25, 0.3) is 0 Å². The molecule has 1 unspecified atom stereocenters.